The van der Waals surface area contributed by atoms with E-state index in [-0.39, 0.29) is 18.6 Å². The zero-order valence-corrected chi connectivity index (χ0v) is 10.1. The normalized spacial score (nSPS) is 20.7. The molecular weight excluding hydrogens is 242 g/mol. The van der Waals surface area contributed by atoms with E-state index in [0.29, 0.717) is 19.4 Å². The molecule has 4 N–H and O–H groups in total. The van der Waals surface area contributed by atoms with E-state index < -0.39 is 18.0 Å². The van der Waals surface area contributed by atoms with Gasteiger partial charge in [-0.25, -0.2) is 9.59 Å². The Morgan fingerprint density at radius 1 is 1.61 bits per heavy atom. The molecule has 1 fully saturated rings. The van der Waals surface area contributed by atoms with Gasteiger partial charge < -0.3 is 25.8 Å². The Labute approximate surface area is 104 Å². The number of urea groups is 1. The van der Waals surface area contributed by atoms with Crippen molar-refractivity contribution in [2.75, 3.05) is 20.3 Å². The second-order valence-electron chi connectivity index (χ2n) is 4.00. The molecule has 0 aromatic rings. The lowest BCUT2D eigenvalue weighted by molar-refractivity contribution is -0.140. The Kier molecular flexibility index (Phi) is 5.37. The maximum absolute atomic E-state index is 11.5. The minimum atomic E-state index is -1.16. The third kappa shape index (κ3) is 4.58. The molecule has 0 spiro atoms. The van der Waals surface area contributed by atoms with Gasteiger partial charge in [0.2, 0.25) is 5.91 Å². The molecule has 0 aliphatic carbocycles. The molecule has 102 valence electrons. The van der Waals surface area contributed by atoms with Gasteiger partial charge in [-0.3, -0.25) is 4.79 Å². The Balaban J connectivity index is 2.35. The fourth-order valence-corrected chi connectivity index (χ4v) is 1.58. The predicted octanol–water partition coefficient (Wildman–Crippen LogP) is -1.34. The molecule has 3 amide bonds. The number of hydrogen-bond donors (Lipinski definition) is 4. The van der Waals surface area contributed by atoms with Gasteiger partial charge in [-0.15, -0.1) is 0 Å². The number of ether oxygens (including phenoxy) is 1. The second kappa shape index (κ2) is 6.80. The summed E-state index contributed by atoms with van der Waals surface area (Å²) in [7, 11) is 1.35. The molecule has 1 saturated heterocycles. The minimum Gasteiger partial charge on any atom is -0.480 e. The van der Waals surface area contributed by atoms with Crippen molar-refractivity contribution in [1.29, 1.82) is 0 Å². The number of nitrogens with one attached hydrogen (secondary N) is 3. The van der Waals surface area contributed by atoms with Crippen LogP contribution < -0.4 is 16.0 Å². The summed E-state index contributed by atoms with van der Waals surface area (Å²) in [5.41, 5.74) is 0. The Bertz CT molecular complexity index is 323. The van der Waals surface area contributed by atoms with Crippen molar-refractivity contribution < 1.29 is 24.2 Å². The highest BCUT2D eigenvalue weighted by Gasteiger charge is 2.23. The zero-order chi connectivity index (χ0) is 13.5. The lowest BCUT2D eigenvalue weighted by atomic mass is 10.1. The van der Waals surface area contributed by atoms with E-state index in [0.717, 1.165) is 0 Å². The summed E-state index contributed by atoms with van der Waals surface area (Å²) in [6.45, 7) is 0.248. The number of aliphatic carboxylic acids is 1. The second-order valence-corrected chi connectivity index (χ2v) is 4.00. The van der Waals surface area contributed by atoms with Crippen LogP contribution in [-0.2, 0) is 14.3 Å². The minimum absolute atomic E-state index is 0.0451. The summed E-state index contributed by atoms with van der Waals surface area (Å²) >= 11 is 0. The summed E-state index contributed by atoms with van der Waals surface area (Å²) in [5.74, 6) is -1.21. The van der Waals surface area contributed by atoms with Gasteiger partial charge in [0.15, 0.2) is 6.04 Å². The monoisotopic (exact) mass is 259 g/mol. The molecule has 1 aliphatic rings. The lowest BCUT2D eigenvalue weighted by Gasteiger charge is -2.24. The molecule has 8 heteroatoms. The van der Waals surface area contributed by atoms with Gasteiger partial charge in [0.05, 0.1) is 6.61 Å². The summed E-state index contributed by atoms with van der Waals surface area (Å²) in [5, 5.41) is 16.3. The van der Waals surface area contributed by atoms with Crippen molar-refractivity contribution in [3.05, 3.63) is 0 Å². The standard InChI is InChI=1S/C10H17N3O5/c1-18-5-7(9(15)16)13-10(17)12-6-2-3-8(14)11-4-6/h6-7H,2-5H2,1H3,(H,11,14)(H,15,16)(H2,12,13,17). The van der Waals surface area contributed by atoms with E-state index in [1.165, 1.54) is 7.11 Å². The van der Waals surface area contributed by atoms with Crippen LogP contribution in [0.25, 0.3) is 0 Å². The molecule has 0 bridgehead atoms. The van der Waals surface area contributed by atoms with E-state index in [9.17, 15) is 14.4 Å². The largest absolute Gasteiger partial charge is 0.480 e. The molecule has 1 rings (SSSR count). The molecular formula is C10H17N3O5. The molecule has 2 atom stereocenters. The Morgan fingerprint density at radius 2 is 2.33 bits per heavy atom. The molecule has 18 heavy (non-hydrogen) atoms. The Hall–Kier alpha value is -1.83. The summed E-state index contributed by atoms with van der Waals surface area (Å²) in [6.07, 6.45) is 0.895. The van der Waals surface area contributed by atoms with Crippen LogP contribution in [-0.4, -0.2) is 55.4 Å². The van der Waals surface area contributed by atoms with Crippen LogP contribution in [0.3, 0.4) is 0 Å². The highest BCUT2D eigenvalue weighted by atomic mass is 16.5. The van der Waals surface area contributed by atoms with Crippen molar-refractivity contribution in [2.24, 2.45) is 0 Å². The SMILES string of the molecule is COCC(NC(=O)NC1CCC(=O)NC1)C(=O)O. The van der Waals surface area contributed by atoms with Crippen LogP contribution in [0, 0.1) is 0 Å². The smallest absolute Gasteiger partial charge is 0.328 e. The molecule has 8 nitrogen and oxygen atoms in total. The fraction of sp³-hybridized carbons (Fsp3) is 0.700. The average Bonchev–Trinajstić information content (AvgIpc) is 2.31. The first-order chi connectivity index (χ1) is 8.52. The first-order valence-electron chi connectivity index (χ1n) is 5.58. The number of hydrogen-bond acceptors (Lipinski definition) is 4. The van der Waals surface area contributed by atoms with Crippen LogP contribution in [0.4, 0.5) is 4.79 Å². The summed E-state index contributed by atoms with van der Waals surface area (Å²) in [6, 6.07) is -1.85. The number of carboxylic acid groups (broad SMARTS) is 1. The van der Waals surface area contributed by atoms with Crippen molar-refractivity contribution in [3.8, 4) is 0 Å². The van der Waals surface area contributed by atoms with Gasteiger partial charge >= 0.3 is 12.0 Å². The highest BCUT2D eigenvalue weighted by molar-refractivity contribution is 5.83. The van der Waals surface area contributed by atoms with E-state index in [1.807, 2.05) is 0 Å². The maximum atomic E-state index is 11.5. The molecule has 0 aromatic carbocycles. The lowest BCUT2D eigenvalue weighted by Crippen LogP contribution is -2.54. The topological polar surface area (TPSA) is 117 Å². The van der Waals surface area contributed by atoms with Crippen molar-refractivity contribution in [1.82, 2.24) is 16.0 Å². The first-order valence-corrected chi connectivity index (χ1v) is 5.58. The molecule has 2 unspecified atom stereocenters. The van der Waals surface area contributed by atoms with Crippen molar-refractivity contribution in [2.45, 2.75) is 24.9 Å². The van der Waals surface area contributed by atoms with E-state index in [2.05, 4.69) is 20.7 Å². The van der Waals surface area contributed by atoms with Crippen LogP contribution in [0.1, 0.15) is 12.8 Å². The Morgan fingerprint density at radius 3 is 2.83 bits per heavy atom. The van der Waals surface area contributed by atoms with Gasteiger partial charge in [-0.2, -0.15) is 0 Å². The van der Waals surface area contributed by atoms with Crippen LogP contribution >= 0.6 is 0 Å². The third-order valence-electron chi connectivity index (χ3n) is 2.54. The summed E-state index contributed by atoms with van der Waals surface area (Å²) < 4.78 is 4.69. The molecule has 0 aromatic heterocycles. The van der Waals surface area contributed by atoms with Crippen LogP contribution in [0.15, 0.2) is 0 Å². The number of methoxy groups -OCH3 is 1. The van der Waals surface area contributed by atoms with Crippen molar-refractivity contribution >= 4 is 17.9 Å². The number of piperidine rings is 1. The van der Waals surface area contributed by atoms with E-state index in [4.69, 9.17) is 5.11 Å². The van der Waals surface area contributed by atoms with Crippen LogP contribution in [0.5, 0.6) is 0 Å². The predicted molar refractivity (Wildman–Crippen MR) is 61.0 cm³/mol. The number of amides is 3. The molecule has 1 heterocycles. The van der Waals surface area contributed by atoms with Gasteiger partial charge in [0, 0.05) is 26.1 Å². The van der Waals surface area contributed by atoms with Gasteiger partial charge in [-0.1, -0.05) is 0 Å². The fourth-order valence-electron chi connectivity index (χ4n) is 1.58. The zero-order valence-electron chi connectivity index (χ0n) is 10.1. The van der Waals surface area contributed by atoms with E-state index >= 15 is 0 Å². The van der Waals surface area contributed by atoms with Gasteiger partial charge in [-0.05, 0) is 6.42 Å². The van der Waals surface area contributed by atoms with E-state index in [1.54, 1.807) is 0 Å². The molecule has 1 aliphatic heterocycles. The first kappa shape index (κ1) is 14.2. The molecule has 0 saturated carbocycles. The number of carboxylic acids is 1. The number of rotatable bonds is 5. The maximum Gasteiger partial charge on any atom is 0.328 e. The van der Waals surface area contributed by atoms with Crippen LogP contribution in [0.2, 0.25) is 0 Å². The average molecular weight is 259 g/mol. The van der Waals surface area contributed by atoms with Crippen molar-refractivity contribution in [3.63, 3.8) is 0 Å². The molecule has 0 radical (unpaired) electrons. The highest BCUT2D eigenvalue weighted by Crippen LogP contribution is 2.02. The quantitative estimate of drug-likeness (QED) is 0.488. The number of carbonyl (C=O) groups is 3. The summed E-state index contributed by atoms with van der Waals surface area (Å²) in [4.78, 5) is 33.2. The number of carbonyl (C=O) groups excluding carboxylic acids is 2. The van der Waals surface area contributed by atoms with Gasteiger partial charge in [0.25, 0.3) is 0 Å². The van der Waals surface area contributed by atoms with Gasteiger partial charge in [0.1, 0.15) is 0 Å². The third-order valence-corrected chi connectivity index (χ3v) is 2.54.